The average Bonchev–Trinajstić information content (AvgIpc) is 2.90. The van der Waals surface area contributed by atoms with Crippen molar-refractivity contribution in [3.63, 3.8) is 0 Å². The molecule has 1 saturated heterocycles. The van der Waals surface area contributed by atoms with Crippen LogP contribution in [0.1, 0.15) is 35.3 Å². The van der Waals surface area contributed by atoms with E-state index in [-0.39, 0.29) is 18.3 Å². The number of phenolic OH excluding ortho intramolecular Hbond substituents is 1. The number of allylic oxidation sites excluding steroid dienone is 1. The summed E-state index contributed by atoms with van der Waals surface area (Å²) in [5.41, 5.74) is 4.97. The van der Waals surface area contributed by atoms with E-state index in [4.69, 9.17) is 14.2 Å². The number of aromatic hydroxyl groups is 1. The van der Waals surface area contributed by atoms with E-state index in [1.54, 1.807) is 31.4 Å². The molecule has 5 rings (SSSR count). The number of alkyl halides is 1. The molecule has 2 aliphatic rings. The van der Waals surface area contributed by atoms with Gasteiger partial charge < -0.3 is 19.3 Å². The number of nitrogens with zero attached hydrogens (tertiary/aromatic N) is 2. The molecule has 2 aliphatic heterocycles. The molecule has 190 valence electrons. The lowest BCUT2D eigenvalue weighted by atomic mass is 9.85. The number of phenols is 1. The Hall–Kier alpha value is -4.02. The summed E-state index contributed by atoms with van der Waals surface area (Å²) in [6.07, 6.45) is -0.414. The Morgan fingerprint density at radius 3 is 2.59 bits per heavy atom. The highest BCUT2D eigenvalue weighted by molar-refractivity contribution is 5.96. The Bertz CT molecular complexity index is 1360. The Morgan fingerprint density at radius 2 is 1.89 bits per heavy atom. The number of nitriles is 1. The molecule has 1 atom stereocenters. The second kappa shape index (κ2) is 10.5. The smallest absolute Gasteiger partial charge is 0.150 e. The Kier molecular flexibility index (Phi) is 7.02. The topological polar surface area (TPSA) is 75.0 Å². The fourth-order valence-electron chi connectivity index (χ4n) is 4.98. The maximum atomic E-state index is 12.6. The maximum absolute atomic E-state index is 12.6. The van der Waals surface area contributed by atoms with E-state index in [0.717, 1.165) is 53.2 Å². The van der Waals surface area contributed by atoms with Gasteiger partial charge in [-0.05, 0) is 66.1 Å². The third kappa shape index (κ3) is 4.98. The molecule has 1 fully saturated rings. The summed E-state index contributed by atoms with van der Waals surface area (Å²) in [7, 11) is 1.55. The van der Waals surface area contributed by atoms with Crippen molar-refractivity contribution in [2.75, 3.05) is 40.0 Å². The molecule has 0 aromatic heterocycles. The largest absolute Gasteiger partial charge is 0.508 e. The van der Waals surface area contributed by atoms with Gasteiger partial charge in [0, 0.05) is 36.7 Å². The van der Waals surface area contributed by atoms with Gasteiger partial charge in [0.25, 0.3) is 0 Å². The van der Waals surface area contributed by atoms with E-state index in [1.807, 2.05) is 43.3 Å². The SMILES string of the molecule is COc1cc(C2=C(C)c3cc(O)ccc3OC2c2ccc(OCCN3CC(CF)C3)cc2)ccc1C#N. The molecule has 0 spiro atoms. The molecule has 0 radical (unpaired) electrons. The first kappa shape index (κ1) is 24.7. The summed E-state index contributed by atoms with van der Waals surface area (Å²) < 4.78 is 30.5. The van der Waals surface area contributed by atoms with Gasteiger partial charge in [-0.1, -0.05) is 18.2 Å². The van der Waals surface area contributed by atoms with Crippen LogP contribution < -0.4 is 14.2 Å². The fraction of sp³-hybridized carbons (Fsp3) is 0.300. The summed E-state index contributed by atoms with van der Waals surface area (Å²) in [6.45, 7) is 4.68. The van der Waals surface area contributed by atoms with Gasteiger partial charge in [0.15, 0.2) is 0 Å². The molecule has 1 unspecified atom stereocenters. The lowest BCUT2D eigenvalue weighted by molar-refractivity contribution is 0.0668. The molecule has 6 nitrogen and oxygen atoms in total. The van der Waals surface area contributed by atoms with Crippen LogP contribution in [0.5, 0.6) is 23.0 Å². The predicted octanol–water partition coefficient (Wildman–Crippen LogP) is 5.62. The van der Waals surface area contributed by atoms with Crippen molar-refractivity contribution in [3.8, 4) is 29.1 Å². The average molecular weight is 501 g/mol. The molecule has 0 aliphatic carbocycles. The molecule has 2 heterocycles. The summed E-state index contributed by atoms with van der Waals surface area (Å²) in [4.78, 5) is 2.19. The summed E-state index contributed by atoms with van der Waals surface area (Å²) in [6, 6.07) is 20.6. The van der Waals surface area contributed by atoms with Crippen LogP contribution in [0.3, 0.4) is 0 Å². The zero-order valence-corrected chi connectivity index (χ0v) is 20.9. The highest BCUT2D eigenvalue weighted by atomic mass is 19.1. The van der Waals surface area contributed by atoms with Crippen LogP contribution in [0.15, 0.2) is 60.7 Å². The Morgan fingerprint density at radius 1 is 1.11 bits per heavy atom. The zero-order chi connectivity index (χ0) is 25.9. The van der Waals surface area contributed by atoms with Crippen LogP contribution in [-0.2, 0) is 0 Å². The molecule has 7 heteroatoms. The van der Waals surface area contributed by atoms with Crippen molar-refractivity contribution < 1.29 is 23.7 Å². The van der Waals surface area contributed by atoms with Gasteiger partial charge in [0.2, 0.25) is 0 Å². The lowest BCUT2D eigenvalue weighted by Crippen LogP contribution is -2.49. The molecular weight excluding hydrogens is 471 g/mol. The van der Waals surface area contributed by atoms with Crippen molar-refractivity contribution in [2.24, 2.45) is 5.92 Å². The minimum Gasteiger partial charge on any atom is -0.508 e. The normalized spacial score (nSPS) is 17.4. The number of methoxy groups -OCH3 is 1. The van der Waals surface area contributed by atoms with Crippen molar-refractivity contribution in [1.82, 2.24) is 4.90 Å². The van der Waals surface area contributed by atoms with Gasteiger partial charge in [-0.25, -0.2) is 0 Å². The lowest BCUT2D eigenvalue weighted by Gasteiger charge is -2.37. The van der Waals surface area contributed by atoms with E-state index >= 15 is 0 Å². The number of benzene rings is 3. The van der Waals surface area contributed by atoms with Gasteiger partial charge in [-0.15, -0.1) is 0 Å². The first-order chi connectivity index (χ1) is 18.0. The molecular formula is C30H29FN2O4. The van der Waals surface area contributed by atoms with Crippen molar-refractivity contribution >= 4 is 11.1 Å². The Labute approximate surface area is 216 Å². The second-order valence-corrected chi connectivity index (χ2v) is 9.44. The number of fused-ring (bicyclic) bond motifs is 1. The number of hydrogen-bond acceptors (Lipinski definition) is 6. The van der Waals surface area contributed by atoms with Crippen LogP contribution in [-0.4, -0.2) is 50.0 Å². The third-order valence-corrected chi connectivity index (χ3v) is 7.02. The maximum Gasteiger partial charge on any atom is 0.150 e. The van der Waals surface area contributed by atoms with Gasteiger partial charge >= 0.3 is 0 Å². The molecule has 0 saturated carbocycles. The molecule has 0 bridgehead atoms. The van der Waals surface area contributed by atoms with Crippen molar-refractivity contribution in [1.29, 1.82) is 5.26 Å². The monoisotopic (exact) mass is 500 g/mol. The second-order valence-electron chi connectivity index (χ2n) is 9.44. The van der Waals surface area contributed by atoms with Gasteiger partial charge in [0.1, 0.15) is 41.8 Å². The summed E-state index contributed by atoms with van der Waals surface area (Å²) >= 11 is 0. The molecule has 37 heavy (non-hydrogen) atoms. The van der Waals surface area contributed by atoms with Crippen LogP contribution in [0.4, 0.5) is 4.39 Å². The minimum atomic E-state index is -0.414. The number of halogens is 1. The minimum absolute atomic E-state index is 0.164. The van der Waals surface area contributed by atoms with Crippen LogP contribution >= 0.6 is 0 Å². The summed E-state index contributed by atoms with van der Waals surface area (Å²) in [5.74, 6) is 2.27. The van der Waals surface area contributed by atoms with Gasteiger partial charge in [-0.3, -0.25) is 9.29 Å². The fourth-order valence-corrected chi connectivity index (χ4v) is 4.98. The number of ether oxygens (including phenoxy) is 3. The molecule has 3 aromatic carbocycles. The van der Waals surface area contributed by atoms with Gasteiger partial charge in [0.05, 0.1) is 19.3 Å². The van der Waals surface area contributed by atoms with Crippen molar-refractivity contribution in [3.05, 3.63) is 82.9 Å². The zero-order valence-electron chi connectivity index (χ0n) is 20.9. The van der Waals surface area contributed by atoms with Crippen LogP contribution in [0, 0.1) is 17.2 Å². The van der Waals surface area contributed by atoms with Crippen LogP contribution in [0.25, 0.3) is 11.1 Å². The standard InChI is InChI=1S/C30H29FN2O4/c1-19-26-14-24(34)7-10-27(26)37-30(29(19)22-3-4-23(16-32)28(13-22)35-2)21-5-8-25(9-6-21)36-12-11-33-17-20(15-31)18-33/h3-10,13-14,20,30,34H,11-12,15,17-18H2,1-2H3. The number of likely N-dealkylation sites (tertiary alicyclic amines) is 1. The molecule has 1 N–H and O–H groups in total. The first-order valence-electron chi connectivity index (χ1n) is 12.3. The molecule has 0 amide bonds. The van der Waals surface area contributed by atoms with E-state index in [0.29, 0.717) is 23.7 Å². The van der Waals surface area contributed by atoms with E-state index < -0.39 is 6.10 Å². The predicted molar refractivity (Wildman–Crippen MR) is 140 cm³/mol. The van der Waals surface area contributed by atoms with E-state index in [9.17, 15) is 14.8 Å². The van der Waals surface area contributed by atoms with E-state index in [2.05, 4.69) is 11.0 Å². The number of rotatable bonds is 8. The highest BCUT2D eigenvalue weighted by Gasteiger charge is 2.30. The third-order valence-electron chi connectivity index (χ3n) is 7.02. The van der Waals surface area contributed by atoms with E-state index in [1.165, 1.54) is 0 Å². The number of hydrogen-bond donors (Lipinski definition) is 1. The Balaban J connectivity index is 1.42. The van der Waals surface area contributed by atoms with Crippen LogP contribution in [0.2, 0.25) is 0 Å². The van der Waals surface area contributed by atoms with Gasteiger partial charge in [-0.2, -0.15) is 5.26 Å². The quantitative estimate of drug-likeness (QED) is 0.433. The summed E-state index contributed by atoms with van der Waals surface area (Å²) in [5, 5.41) is 19.5. The molecule has 3 aromatic rings. The van der Waals surface area contributed by atoms with Crippen molar-refractivity contribution in [2.45, 2.75) is 13.0 Å². The highest BCUT2D eigenvalue weighted by Crippen LogP contribution is 2.48. The first-order valence-corrected chi connectivity index (χ1v) is 12.3.